The van der Waals surface area contributed by atoms with Gasteiger partial charge < -0.3 is 10.6 Å². The van der Waals surface area contributed by atoms with Crippen molar-refractivity contribution in [3.8, 4) is 0 Å². The number of nitrogens with one attached hydrogen (secondary N) is 2. The number of hydrogen-bond acceptors (Lipinski definition) is 5. The molecule has 1 aromatic heterocycles. The summed E-state index contributed by atoms with van der Waals surface area (Å²) < 4.78 is 0. The van der Waals surface area contributed by atoms with Crippen molar-refractivity contribution in [2.24, 2.45) is 0 Å². The van der Waals surface area contributed by atoms with Gasteiger partial charge in [-0.2, -0.15) is 0 Å². The smallest absolute Gasteiger partial charge is 0.189 e. The third-order valence-corrected chi connectivity index (χ3v) is 2.63. The van der Waals surface area contributed by atoms with Crippen molar-refractivity contribution >= 4 is 17.6 Å². The van der Waals surface area contributed by atoms with E-state index < -0.39 is 0 Å². The van der Waals surface area contributed by atoms with Crippen LogP contribution in [0.4, 0.5) is 5.82 Å². The minimum atomic E-state index is 0.840. The van der Waals surface area contributed by atoms with Gasteiger partial charge in [-0.05, 0) is 6.26 Å². The van der Waals surface area contributed by atoms with E-state index in [9.17, 15) is 0 Å². The Morgan fingerprint density at radius 2 is 2.23 bits per heavy atom. The summed E-state index contributed by atoms with van der Waals surface area (Å²) in [6.45, 7) is 1.74. The summed E-state index contributed by atoms with van der Waals surface area (Å²) in [6.07, 6.45) is 1.99. The van der Waals surface area contributed by atoms with Gasteiger partial charge in [-0.15, -0.1) is 0 Å². The second-order valence-corrected chi connectivity index (χ2v) is 3.61. The number of aromatic nitrogens is 2. The van der Waals surface area contributed by atoms with E-state index in [1.165, 1.54) is 5.56 Å². The monoisotopic (exact) mass is 196 g/mol. The van der Waals surface area contributed by atoms with Gasteiger partial charge in [-0.1, -0.05) is 11.8 Å². The van der Waals surface area contributed by atoms with E-state index in [2.05, 4.69) is 20.6 Å². The Kier molecular flexibility index (Phi) is 2.37. The van der Waals surface area contributed by atoms with Crippen molar-refractivity contribution in [2.45, 2.75) is 18.2 Å². The van der Waals surface area contributed by atoms with E-state index in [4.69, 9.17) is 0 Å². The fourth-order valence-corrected chi connectivity index (χ4v) is 1.83. The van der Waals surface area contributed by atoms with Gasteiger partial charge in [-0.25, -0.2) is 9.97 Å². The van der Waals surface area contributed by atoms with Crippen LogP contribution in [0.25, 0.3) is 0 Å². The highest BCUT2D eigenvalue weighted by Crippen LogP contribution is 2.23. The summed E-state index contributed by atoms with van der Waals surface area (Å²) in [7, 11) is 1.89. The molecule has 0 aliphatic carbocycles. The minimum absolute atomic E-state index is 0.840. The maximum atomic E-state index is 4.43. The summed E-state index contributed by atoms with van der Waals surface area (Å²) in [4.78, 5) is 8.81. The van der Waals surface area contributed by atoms with Crippen molar-refractivity contribution < 1.29 is 0 Å². The van der Waals surface area contributed by atoms with E-state index in [0.717, 1.165) is 29.8 Å². The number of thioether (sulfide) groups is 1. The zero-order chi connectivity index (χ0) is 9.26. The molecule has 1 aliphatic rings. The first-order valence-electron chi connectivity index (χ1n) is 4.17. The quantitative estimate of drug-likeness (QED) is 0.542. The average Bonchev–Trinajstić information content (AvgIpc) is 2.63. The first kappa shape index (κ1) is 8.77. The van der Waals surface area contributed by atoms with Gasteiger partial charge in [0.1, 0.15) is 5.82 Å². The summed E-state index contributed by atoms with van der Waals surface area (Å²) in [6, 6.07) is 0. The molecular weight excluding hydrogens is 184 g/mol. The number of hydrogen-bond donors (Lipinski definition) is 2. The van der Waals surface area contributed by atoms with Crippen LogP contribution in [0.1, 0.15) is 11.3 Å². The van der Waals surface area contributed by atoms with E-state index >= 15 is 0 Å². The van der Waals surface area contributed by atoms with Crippen molar-refractivity contribution in [1.29, 1.82) is 0 Å². The lowest BCUT2D eigenvalue weighted by Crippen LogP contribution is -2.02. The Hall–Kier alpha value is -0.810. The lowest BCUT2D eigenvalue weighted by atomic mass is 10.2. The first-order chi connectivity index (χ1) is 6.35. The average molecular weight is 196 g/mol. The van der Waals surface area contributed by atoms with E-state index in [-0.39, 0.29) is 0 Å². The third kappa shape index (κ3) is 1.49. The van der Waals surface area contributed by atoms with Crippen LogP contribution in [0.3, 0.4) is 0 Å². The topological polar surface area (TPSA) is 49.8 Å². The molecule has 0 amide bonds. The lowest BCUT2D eigenvalue weighted by Gasteiger charge is -2.06. The highest BCUT2D eigenvalue weighted by atomic mass is 32.2. The predicted molar refractivity (Wildman–Crippen MR) is 53.9 cm³/mol. The molecule has 2 rings (SSSR count). The van der Waals surface area contributed by atoms with Gasteiger partial charge in [0.05, 0.1) is 5.69 Å². The first-order valence-corrected chi connectivity index (χ1v) is 5.40. The van der Waals surface area contributed by atoms with Gasteiger partial charge in [-0.3, -0.25) is 0 Å². The van der Waals surface area contributed by atoms with Gasteiger partial charge in [0.25, 0.3) is 0 Å². The molecule has 2 N–H and O–H groups in total. The molecule has 1 aromatic rings. The normalized spacial score (nSPS) is 14.3. The van der Waals surface area contributed by atoms with Crippen LogP contribution in [0.2, 0.25) is 0 Å². The molecule has 70 valence electrons. The van der Waals surface area contributed by atoms with Crippen molar-refractivity contribution in [3.63, 3.8) is 0 Å². The number of rotatable bonds is 2. The molecule has 5 heteroatoms. The molecule has 0 fully saturated rings. The molecular formula is C8H12N4S. The van der Waals surface area contributed by atoms with Gasteiger partial charge in [0, 0.05) is 25.7 Å². The Balaban J connectivity index is 2.49. The van der Waals surface area contributed by atoms with Crippen molar-refractivity contribution in [3.05, 3.63) is 11.3 Å². The minimum Gasteiger partial charge on any atom is -0.373 e. The Bertz CT molecular complexity index is 326. The predicted octanol–water partition coefficient (Wildman–Crippen LogP) is 0.843. The summed E-state index contributed by atoms with van der Waals surface area (Å²) in [5.41, 5.74) is 2.34. The molecule has 0 bridgehead atoms. The summed E-state index contributed by atoms with van der Waals surface area (Å²) in [5.74, 6) is 0.958. The second kappa shape index (κ2) is 3.51. The largest absolute Gasteiger partial charge is 0.373 e. The SMILES string of the molecule is CNc1nc(SC)nc2c1CNC2. The lowest BCUT2D eigenvalue weighted by molar-refractivity contribution is 0.754. The van der Waals surface area contributed by atoms with E-state index in [1.54, 1.807) is 11.8 Å². The van der Waals surface area contributed by atoms with Crippen LogP contribution in [-0.2, 0) is 13.1 Å². The molecule has 0 saturated heterocycles. The molecule has 2 heterocycles. The summed E-state index contributed by atoms with van der Waals surface area (Å²) >= 11 is 1.57. The van der Waals surface area contributed by atoms with Crippen LogP contribution in [0.15, 0.2) is 5.16 Å². The van der Waals surface area contributed by atoms with E-state index in [0.29, 0.717) is 0 Å². The second-order valence-electron chi connectivity index (χ2n) is 2.84. The molecule has 0 saturated carbocycles. The highest BCUT2D eigenvalue weighted by Gasteiger charge is 2.17. The molecule has 0 radical (unpaired) electrons. The molecule has 0 atom stereocenters. The van der Waals surface area contributed by atoms with Crippen LogP contribution in [0.5, 0.6) is 0 Å². The molecule has 13 heavy (non-hydrogen) atoms. The number of nitrogens with zero attached hydrogens (tertiary/aromatic N) is 2. The molecule has 0 unspecified atom stereocenters. The molecule has 0 spiro atoms. The Morgan fingerprint density at radius 3 is 2.92 bits per heavy atom. The third-order valence-electron chi connectivity index (χ3n) is 2.09. The molecule has 4 nitrogen and oxygen atoms in total. The van der Waals surface area contributed by atoms with Crippen LogP contribution in [0, 0.1) is 0 Å². The summed E-state index contributed by atoms with van der Waals surface area (Å²) in [5, 5.41) is 7.20. The fourth-order valence-electron chi connectivity index (χ4n) is 1.44. The molecule has 1 aliphatic heterocycles. The highest BCUT2D eigenvalue weighted by molar-refractivity contribution is 7.98. The zero-order valence-electron chi connectivity index (χ0n) is 7.72. The number of fused-ring (bicyclic) bond motifs is 1. The maximum Gasteiger partial charge on any atom is 0.189 e. The maximum absolute atomic E-state index is 4.43. The standard InChI is InChI=1S/C8H12N4S/c1-9-7-5-3-10-4-6(5)11-8(12-7)13-2/h10H,3-4H2,1-2H3,(H,9,11,12). The van der Waals surface area contributed by atoms with E-state index in [1.807, 2.05) is 13.3 Å². The zero-order valence-corrected chi connectivity index (χ0v) is 8.53. The fraction of sp³-hybridized carbons (Fsp3) is 0.500. The molecule has 0 aromatic carbocycles. The number of anilines is 1. The van der Waals surface area contributed by atoms with Crippen molar-refractivity contribution in [1.82, 2.24) is 15.3 Å². The van der Waals surface area contributed by atoms with Gasteiger partial charge in [0.2, 0.25) is 0 Å². The van der Waals surface area contributed by atoms with Gasteiger partial charge in [0.15, 0.2) is 5.16 Å². The van der Waals surface area contributed by atoms with Crippen LogP contribution >= 0.6 is 11.8 Å². The Labute approximate surface area is 81.5 Å². The van der Waals surface area contributed by atoms with Crippen LogP contribution < -0.4 is 10.6 Å². The van der Waals surface area contributed by atoms with Gasteiger partial charge >= 0.3 is 0 Å². The van der Waals surface area contributed by atoms with Crippen LogP contribution in [-0.4, -0.2) is 23.3 Å². The van der Waals surface area contributed by atoms with Crippen molar-refractivity contribution in [2.75, 3.05) is 18.6 Å². The Morgan fingerprint density at radius 1 is 1.38 bits per heavy atom.